The first-order chi connectivity index (χ1) is 8.74. The van der Waals surface area contributed by atoms with Crippen molar-refractivity contribution >= 4 is 16.7 Å². The van der Waals surface area contributed by atoms with Crippen molar-refractivity contribution in [2.75, 3.05) is 24.6 Å². The number of rotatable bonds is 1. The Kier molecular flexibility index (Phi) is 2.92. The van der Waals surface area contributed by atoms with Crippen molar-refractivity contribution in [3.8, 4) is 0 Å². The number of hydrogen-bond donors (Lipinski definition) is 0. The van der Waals surface area contributed by atoms with E-state index in [9.17, 15) is 0 Å². The lowest BCUT2D eigenvalue weighted by molar-refractivity contribution is 0.0529. The maximum Gasteiger partial charge on any atom is 0.129 e. The van der Waals surface area contributed by atoms with Crippen LogP contribution in [-0.2, 0) is 4.74 Å². The molecule has 1 aliphatic heterocycles. The Morgan fingerprint density at radius 3 is 3.00 bits per heavy atom. The minimum Gasteiger partial charge on any atom is -0.375 e. The van der Waals surface area contributed by atoms with E-state index in [4.69, 9.17) is 9.72 Å². The molecule has 1 atom stereocenters. The standard InChI is InChI=1S/C15H18N2O/c1-11-9-15(17-7-8-18-12(2)10-17)16-14-6-4-3-5-13(11)14/h3-6,9,12H,7-8,10H2,1-2H3. The van der Waals surface area contributed by atoms with Crippen LogP contribution in [0.3, 0.4) is 0 Å². The van der Waals surface area contributed by atoms with Gasteiger partial charge in [-0.15, -0.1) is 0 Å². The van der Waals surface area contributed by atoms with E-state index in [1.54, 1.807) is 0 Å². The molecule has 1 saturated heterocycles. The Morgan fingerprint density at radius 2 is 2.17 bits per heavy atom. The van der Waals surface area contributed by atoms with E-state index in [0.717, 1.165) is 31.0 Å². The van der Waals surface area contributed by atoms with Crippen LogP contribution in [0.1, 0.15) is 12.5 Å². The number of anilines is 1. The first-order valence-corrected chi connectivity index (χ1v) is 6.47. The van der Waals surface area contributed by atoms with Gasteiger partial charge in [0, 0.05) is 18.5 Å². The average Bonchev–Trinajstić information content (AvgIpc) is 2.39. The number of para-hydroxylation sites is 1. The molecule has 3 nitrogen and oxygen atoms in total. The van der Waals surface area contributed by atoms with E-state index in [2.05, 4.69) is 43.0 Å². The first-order valence-electron chi connectivity index (χ1n) is 6.47. The van der Waals surface area contributed by atoms with Gasteiger partial charge in [0.05, 0.1) is 18.2 Å². The lowest BCUT2D eigenvalue weighted by Crippen LogP contribution is -2.41. The molecular weight excluding hydrogens is 224 g/mol. The number of aromatic nitrogens is 1. The molecule has 2 aromatic rings. The molecule has 3 heteroatoms. The zero-order valence-corrected chi connectivity index (χ0v) is 10.9. The van der Waals surface area contributed by atoms with Crippen LogP contribution in [0.5, 0.6) is 0 Å². The van der Waals surface area contributed by atoms with Crippen LogP contribution in [-0.4, -0.2) is 30.8 Å². The molecule has 0 saturated carbocycles. The molecule has 1 aromatic heterocycles. The highest BCUT2D eigenvalue weighted by molar-refractivity contribution is 5.83. The highest BCUT2D eigenvalue weighted by Crippen LogP contribution is 2.23. The molecule has 1 aliphatic rings. The SMILES string of the molecule is Cc1cc(N2CCOC(C)C2)nc2ccccc12. The lowest BCUT2D eigenvalue weighted by Gasteiger charge is -2.32. The minimum atomic E-state index is 0.285. The third kappa shape index (κ3) is 2.06. The zero-order valence-electron chi connectivity index (χ0n) is 10.9. The van der Waals surface area contributed by atoms with E-state index < -0.39 is 0 Å². The monoisotopic (exact) mass is 242 g/mol. The fourth-order valence-corrected chi connectivity index (χ4v) is 2.52. The van der Waals surface area contributed by atoms with Crippen molar-refractivity contribution in [1.29, 1.82) is 0 Å². The topological polar surface area (TPSA) is 25.4 Å². The van der Waals surface area contributed by atoms with Crippen LogP contribution in [0.4, 0.5) is 5.82 Å². The summed E-state index contributed by atoms with van der Waals surface area (Å²) in [5, 5.41) is 1.24. The molecule has 1 fully saturated rings. The van der Waals surface area contributed by atoms with E-state index in [1.807, 2.05) is 6.07 Å². The summed E-state index contributed by atoms with van der Waals surface area (Å²) in [6.07, 6.45) is 0.285. The van der Waals surface area contributed by atoms with Gasteiger partial charge in [0.1, 0.15) is 5.82 Å². The molecule has 0 spiro atoms. The molecule has 0 bridgehead atoms. The van der Waals surface area contributed by atoms with Crippen molar-refractivity contribution in [1.82, 2.24) is 4.98 Å². The summed E-state index contributed by atoms with van der Waals surface area (Å²) < 4.78 is 5.58. The number of fused-ring (bicyclic) bond motifs is 1. The highest BCUT2D eigenvalue weighted by Gasteiger charge is 2.18. The van der Waals surface area contributed by atoms with Gasteiger partial charge >= 0.3 is 0 Å². The summed E-state index contributed by atoms with van der Waals surface area (Å²) in [4.78, 5) is 7.08. The Morgan fingerprint density at radius 1 is 1.33 bits per heavy atom. The first kappa shape index (κ1) is 11.5. The van der Waals surface area contributed by atoms with Crippen molar-refractivity contribution in [2.24, 2.45) is 0 Å². The Hall–Kier alpha value is -1.61. The Labute approximate surface area is 107 Å². The summed E-state index contributed by atoms with van der Waals surface area (Å²) in [6, 6.07) is 10.5. The third-order valence-corrected chi connectivity index (χ3v) is 3.47. The van der Waals surface area contributed by atoms with Crippen LogP contribution in [0.15, 0.2) is 30.3 Å². The molecule has 1 unspecified atom stereocenters. The fraction of sp³-hybridized carbons (Fsp3) is 0.400. The number of aryl methyl sites for hydroxylation is 1. The average molecular weight is 242 g/mol. The van der Waals surface area contributed by atoms with Gasteiger partial charge in [0.25, 0.3) is 0 Å². The van der Waals surface area contributed by atoms with E-state index in [1.165, 1.54) is 10.9 Å². The number of ether oxygens (including phenoxy) is 1. The van der Waals surface area contributed by atoms with Gasteiger partial charge in [-0.25, -0.2) is 4.98 Å². The summed E-state index contributed by atoms with van der Waals surface area (Å²) in [5.41, 5.74) is 2.36. The number of nitrogens with zero attached hydrogens (tertiary/aromatic N) is 2. The number of benzene rings is 1. The van der Waals surface area contributed by atoms with Crippen molar-refractivity contribution in [3.63, 3.8) is 0 Å². The molecular formula is C15H18N2O. The Balaban J connectivity index is 2.02. The van der Waals surface area contributed by atoms with Crippen molar-refractivity contribution in [2.45, 2.75) is 20.0 Å². The largest absolute Gasteiger partial charge is 0.375 e. The quantitative estimate of drug-likeness (QED) is 0.769. The van der Waals surface area contributed by atoms with Crippen LogP contribution in [0, 0.1) is 6.92 Å². The molecule has 0 N–H and O–H groups in total. The van der Waals surface area contributed by atoms with Crippen LogP contribution in [0.25, 0.3) is 10.9 Å². The molecule has 0 aliphatic carbocycles. The van der Waals surface area contributed by atoms with E-state index in [0.29, 0.717) is 0 Å². The predicted octanol–water partition coefficient (Wildman–Crippen LogP) is 2.77. The molecule has 1 aromatic carbocycles. The van der Waals surface area contributed by atoms with Gasteiger partial charge in [-0.1, -0.05) is 18.2 Å². The molecule has 3 rings (SSSR count). The van der Waals surface area contributed by atoms with Gasteiger partial charge < -0.3 is 9.64 Å². The van der Waals surface area contributed by atoms with Crippen LogP contribution < -0.4 is 4.90 Å². The van der Waals surface area contributed by atoms with E-state index in [-0.39, 0.29) is 6.10 Å². The second kappa shape index (κ2) is 4.58. The Bertz CT molecular complexity index is 567. The van der Waals surface area contributed by atoms with Crippen LogP contribution in [0.2, 0.25) is 0 Å². The van der Waals surface area contributed by atoms with Gasteiger partial charge in [-0.05, 0) is 31.5 Å². The van der Waals surface area contributed by atoms with E-state index >= 15 is 0 Å². The smallest absolute Gasteiger partial charge is 0.129 e. The summed E-state index contributed by atoms with van der Waals surface area (Å²) in [6.45, 7) is 6.89. The number of hydrogen-bond acceptors (Lipinski definition) is 3. The summed E-state index contributed by atoms with van der Waals surface area (Å²) >= 11 is 0. The lowest BCUT2D eigenvalue weighted by atomic mass is 10.1. The summed E-state index contributed by atoms with van der Waals surface area (Å²) in [7, 11) is 0. The van der Waals surface area contributed by atoms with Crippen LogP contribution >= 0.6 is 0 Å². The van der Waals surface area contributed by atoms with Crippen molar-refractivity contribution in [3.05, 3.63) is 35.9 Å². The fourth-order valence-electron chi connectivity index (χ4n) is 2.52. The van der Waals surface area contributed by atoms with Gasteiger partial charge in [0.15, 0.2) is 0 Å². The molecule has 0 radical (unpaired) electrons. The molecule has 2 heterocycles. The van der Waals surface area contributed by atoms with Gasteiger partial charge in [-0.3, -0.25) is 0 Å². The second-order valence-corrected chi connectivity index (χ2v) is 4.94. The van der Waals surface area contributed by atoms with Gasteiger partial charge in [0.2, 0.25) is 0 Å². The molecule has 94 valence electrons. The van der Waals surface area contributed by atoms with Crippen molar-refractivity contribution < 1.29 is 4.74 Å². The normalized spacial score (nSPS) is 20.3. The zero-order chi connectivity index (χ0) is 12.5. The third-order valence-electron chi connectivity index (χ3n) is 3.47. The second-order valence-electron chi connectivity index (χ2n) is 4.94. The summed E-state index contributed by atoms with van der Waals surface area (Å²) in [5.74, 6) is 1.07. The predicted molar refractivity (Wildman–Crippen MR) is 74.1 cm³/mol. The maximum atomic E-state index is 5.58. The molecule has 0 amide bonds. The molecule has 18 heavy (non-hydrogen) atoms. The van der Waals surface area contributed by atoms with Gasteiger partial charge in [-0.2, -0.15) is 0 Å². The highest BCUT2D eigenvalue weighted by atomic mass is 16.5. The number of morpholine rings is 1. The maximum absolute atomic E-state index is 5.58. The number of pyridine rings is 1. The minimum absolute atomic E-state index is 0.285.